The van der Waals surface area contributed by atoms with Gasteiger partial charge in [0.15, 0.2) is 17.1 Å². The van der Waals surface area contributed by atoms with Crippen molar-refractivity contribution in [1.82, 2.24) is 20.1 Å². The van der Waals surface area contributed by atoms with Crippen LogP contribution in [0.3, 0.4) is 0 Å². The number of nitrogens with zero attached hydrogens (tertiary/aromatic N) is 3. The largest absolute Gasteiger partial charge is 0.483 e. The van der Waals surface area contributed by atoms with Crippen LogP contribution < -0.4 is 10.1 Å². The highest BCUT2D eigenvalue weighted by Crippen LogP contribution is 2.26. The molecular formula is C25H32N4O2S. The van der Waals surface area contributed by atoms with E-state index in [1.165, 1.54) is 22.9 Å². The number of rotatable bonds is 10. The van der Waals surface area contributed by atoms with Gasteiger partial charge < -0.3 is 14.6 Å². The van der Waals surface area contributed by atoms with E-state index in [0.29, 0.717) is 19.0 Å². The minimum absolute atomic E-state index is 0.0303. The number of aromatic nitrogens is 3. The first-order valence-electron chi connectivity index (χ1n) is 11.0. The average Bonchev–Trinajstić information content (AvgIpc) is 3.20. The zero-order chi connectivity index (χ0) is 23.1. The molecule has 0 aliphatic carbocycles. The summed E-state index contributed by atoms with van der Waals surface area (Å²) in [5.74, 6) is 2.30. The van der Waals surface area contributed by atoms with E-state index in [1.54, 1.807) is 0 Å². The lowest BCUT2D eigenvalue weighted by molar-refractivity contribution is -0.118. The third kappa shape index (κ3) is 6.36. The van der Waals surface area contributed by atoms with Crippen molar-refractivity contribution in [1.29, 1.82) is 0 Å². The van der Waals surface area contributed by atoms with Crippen molar-refractivity contribution in [2.24, 2.45) is 0 Å². The van der Waals surface area contributed by atoms with E-state index in [9.17, 15) is 4.79 Å². The van der Waals surface area contributed by atoms with E-state index in [1.807, 2.05) is 61.7 Å². The van der Waals surface area contributed by atoms with Crippen molar-refractivity contribution in [3.63, 3.8) is 0 Å². The molecule has 0 aliphatic rings. The van der Waals surface area contributed by atoms with Crippen LogP contribution in [0.4, 0.5) is 0 Å². The van der Waals surface area contributed by atoms with Gasteiger partial charge in [-0.2, -0.15) is 0 Å². The molecule has 0 fully saturated rings. The molecule has 6 nitrogen and oxygen atoms in total. The van der Waals surface area contributed by atoms with Gasteiger partial charge in [0.25, 0.3) is 0 Å². The maximum absolute atomic E-state index is 12.3. The number of nitrogens with one attached hydrogen (secondary N) is 1. The normalized spacial score (nSPS) is 12.1. The van der Waals surface area contributed by atoms with Crippen molar-refractivity contribution >= 4 is 17.7 Å². The number of benzene rings is 2. The van der Waals surface area contributed by atoms with E-state index in [-0.39, 0.29) is 17.8 Å². The second kappa shape index (κ2) is 11.2. The van der Waals surface area contributed by atoms with E-state index in [2.05, 4.69) is 41.5 Å². The van der Waals surface area contributed by atoms with Crippen LogP contribution in [0, 0.1) is 6.92 Å². The van der Waals surface area contributed by atoms with Crippen molar-refractivity contribution in [2.45, 2.75) is 64.9 Å². The summed E-state index contributed by atoms with van der Waals surface area (Å²) < 4.78 is 8.11. The maximum atomic E-state index is 12.3. The Labute approximate surface area is 194 Å². The molecule has 3 rings (SSSR count). The van der Waals surface area contributed by atoms with E-state index >= 15 is 0 Å². The lowest BCUT2D eigenvalue weighted by Crippen LogP contribution is -2.24. The molecule has 2 aromatic carbocycles. The molecular weight excluding hydrogens is 420 g/mol. The van der Waals surface area contributed by atoms with Gasteiger partial charge in [-0.05, 0) is 49.9 Å². The fourth-order valence-corrected chi connectivity index (χ4v) is 4.12. The Hall–Kier alpha value is -2.80. The second-order valence-corrected chi connectivity index (χ2v) is 9.06. The van der Waals surface area contributed by atoms with Crippen molar-refractivity contribution in [2.75, 3.05) is 5.75 Å². The van der Waals surface area contributed by atoms with E-state index < -0.39 is 0 Å². The highest BCUT2D eigenvalue weighted by atomic mass is 32.2. The minimum atomic E-state index is -0.253. The summed E-state index contributed by atoms with van der Waals surface area (Å²) >= 11 is 1.39. The summed E-state index contributed by atoms with van der Waals surface area (Å²) in [5, 5.41) is 12.3. The fraction of sp³-hybridized carbons (Fsp3) is 0.400. The first kappa shape index (κ1) is 23.9. The maximum Gasteiger partial charge on any atom is 0.230 e. The molecule has 0 aliphatic heterocycles. The van der Waals surface area contributed by atoms with Gasteiger partial charge in [-0.15, -0.1) is 10.2 Å². The van der Waals surface area contributed by atoms with Crippen LogP contribution >= 0.6 is 11.8 Å². The van der Waals surface area contributed by atoms with Crippen molar-refractivity contribution in [3.8, 4) is 5.75 Å². The Bertz CT molecular complexity index is 1010. The zero-order valence-corrected chi connectivity index (χ0v) is 20.3. The highest BCUT2D eigenvalue weighted by molar-refractivity contribution is 7.99. The third-order valence-electron chi connectivity index (χ3n) is 5.23. The summed E-state index contributed by atoms with van der Waals surface area (Å²) in [7, 11) is 0. The smallest absolute Gasteiger partial charge is 0.230 e. The first-order chi connectivity index (χ1) is 15.4. The number of carbonyl (C=O) groups excluding carboxylic acids is 1. The van der Waals surface area contributed by atoms with E-state index in [4.69, 9.17) is 4.74 Å². The Morgan fingerprint density at radius 1 is 1.06 bits per heavy atom. The lowest BCUT2D eigenvalue weighted by Gasteiger charge is -2.16. The van der Waals surface area contributed by atoms with Crippen LogP contribution in [-0.4, -0.2) is 26.4 Å². The predicted octanol–water partition coefficient (Wildman–Crippen LogP) is 5.28. The standard InChI is InChI=1S/C25H32N4O2S/c1-6-29-24(19(5)31-22-13-11-21(12-14-22)17(2)3)27-28-25(29)32-16-23(30)26-15-20-9-7-18(4)8-10-20/h7-14,17,19H,6,15-16H2,1-5H3,(H,26,30). The molecule has 170 valence electrons. The van der Waals surface area contributed by atoms with Crippen LogP contribution in [0.5, 0.6) is 5.75 Å². The zero-order valence-electron chi connectivity index (χ0n) is 19.5. The summed E-state index contributed by atoms with van der Waals surface area (Å²) in [6.07, 6.45) is -0.253. The third-order valence-corrected chi connectivity index (χ3v) is 6.19. The van der Waals surface area contributed by atoms with Crippen LogP contribution in [-0.2, 0) is 17.9 Å². The van der Waals surface area contributed by atoms with Gasteiger partial charge in [0.2, 0.25) is 5.91 Å². The molecule has 3 aromatic rings. The number of carbonyl (C=O) groups is 1. The molecule has 1 heterocycles. The van der Waals surface area contributed by atoms with Crippen LogP contribution in [0.2, 0.25) is 0 Å². The van der Waals surface area contributed by atoms with Gasteiger partial charge in [-0.3, -0.25) is 4.79 Å². The fourth-order valence-electron chi connectivity index (χ4n) is 3.28. The Morgan fingerprint density at radius 3 is 2.38 bits per heavy atom. The number of aryl methyl sites for hydroxylation is 1. The number of thioether (sulfide) groups is 1. The Balaban J connectivity index is 1.56. The van der Waals surface area contributed by atoms with Gasteiger partial charge in [-0.25, -0.2) is 0 Å². The topological polar surface area (TPSA) is 69.0 Å². The van der Waals surface area contributed by atoms with Gasteiger partial charge in [0.1, 0.15) is 5.75 Å². The number of ether oxygens (including phenoxy) is 1. The lowest BCUT2D eigenvalue weighted by atomic mass is 10.0. The Kier molecular flexibility index (Phi) is 8.33. The molecule has 1 N–H and O–H groups in total. The second-order valence-electron chi connectivity index (χ2n) is 8.12. The van der Waals surface area contributed by atoms with Gasteiger partial charge in [0.05, 0.1) is 5.75 Å². The van der Waals surface area contributed by atoms with Gasteiger partial charge >= 0.3 is 0 Å². The minimum Gasteiger partial charge on any atom is -0.483 e. The molecule has 1 amide bonds. The highest BCUT2D eigenvalue weighted by Gasteiger charge is 2.19. The molecule has 0 bridgehead atoms. The quantitative estimate of drug-likeness (QED) is 0.424. The average molecular weight is 453 g/mol. The molecule has 1 aromatic heterocycles. The van der Waals surface area contributed by atoms with E-state index in [0.717, 1.165) is 22.3 Å². The van der Waals surface area contributed by atoms with Crippen LogP contribution in [0.25, 0.3) is 0 Å². The van der Waals surface area contributed by atoms with Crippen molar-refractivity contribution in [3.05, 3.63) is 71.0 Å². The molecule has 1 atom stereocenters. The van der Waals surface area contributed by atoms with Crippen molar-refractivity contribution < 1.29 is 9.53 Å². The summed E-state index contributed by atoms with van der Waals surface area (Å²) in [6.45, 7) is 11.6. The summed E-state index contributed by atoms with van der Waals surface area (Å²) in [5.41, 5.74) is 3.57. The van der Waals surface area contributed by atoms with Crippen LogP contribution in [0.15, 0.2) is 53.7 Å². The molecule has 0 radical (unpaired) electrons. The molecule has 7 heteroatoms. The molecule has 0 saturated carbocycles. The van der Waals surface area contributed by atoms with Crippen LogP contribution in [0.1, 0.15) is 62.2 Å². The molecule has 32 heavy (non-hydrogen) atoms. The Morgan fingerprint density at radius 2 is 1.75 bits per heavy atom. The SMILES string of the molecule is CCn1c(SCC(=O)NCc2ccc(C)cc2)nnc1C(C)Oc1ccc(C(C)C)cc1. The number of amides is 1. The predicted molar refractivity (Wildman–Crippen MR) is 129 cm³/mol. The monoisotopic (exact) mass is 452 g/mol. The molecule has 1 unspecified atom stereocenters. The number of hydrogen-bond donors (Lipinski definition) is 1. The summed E-state index contributed by atoms with van der Waals surface area (Å²) in [4.78, 5) is 12.3. The first-order valence-corrected chi connectivity index (χ1v) is 12.0. The molecule has 0 spiro atoms. The van der Waals surface area contributed by atoms with Gasteiger partial charge in [0, 0.05) is 13.1 Å². The molecule has 0 saturated heterocycles. The number of hydrogen-bond acceptors (Lipinski definition) is 5. The summed E-state index contributed by atoms with van der Waals surface area (Å²) in [6, 6.07) is 16.3. The van der Waals surface area contributed by atoms with Gasteiger partial charge in [-0.1, -0.05) is 67.6 Å².